The van der Waals surface area contributed by atoms with E-state index in [0.29, 0.717) is 29.6 Å². The molecule has 5 rings (SSSR count). The molecule has 0 atom stereocenters. The van der Waals surface area contributed by atoms with Crippen molar-refractivity contribution in [3.63, 3.8) is 0 Å². The molecule has 1 saturated heterocycles. The lowest BCUT2D eigenvalue weighted by Gasteiger charge is -2.34. The minimum absolute atomic E-state index is 0.0237. The Kier molecular flexibility index (Phi) is 4.73. The van der Waals surface area contributed by atoms with Crippen molar-refractivity contribution in [3.05, 3.63) is 47.1 Å². The van der Waals surface area contributed by atoms with Gasteiger partial charge in [0.15, 0.2) is 16.6 Å². The first kappa shape index (κ1) is 18.2. The maximum Gasteiger partial charge on any atom is 0.246 e. The second kappa shape index (κ2) is 7.53. The molecule has 4 heterocycles. The van der Waals surface area contributed by atoms with Crippen LogP contribution in [-0.2, 0) is 4.79 Å². The van der Waals surface area contributed by atoms with Crippen LogP contribution in [0.15, 0.2) is 36.5 Å². The van der Waals surface area contributed by atoms with Crippen LogP contribution in [0.4, 0.5) is 5.13 Å². The van der Waals surface area contributed by atoms with Gasteiger partial charge in [0.2, 0.25) is 12.7 Å². The molecular weight excluding hydrogens is 412 g/mol. The highest BCUT2D eigenvalue weighted by atomic mass is 35.5. The summed E-state index contributed by atoms with van der Waals surface area (Å²) in [7, 11) is 0. The number of carbonyl (C=O) groups excluding carboxylic acids is 1. The van der Waals surface area contributed by atoms with Gasteiger partial charge in [-0.25, -0.2) is 9.97 Å². The van der Waals surface area contributed by atoms with Gasteiger partial charge in [0.25, 0.3) is 0 Å². The van der Waals surface area contributed by atoms with Crippen molar-refractivity contribution in [2.24, 2.45) is 0 Å². The third-order valence-electron chi connectivity index (χ3n) is 4.88. The highest BCUT2D eigenvalue weighted by Crippen LogP contribution is 2.40. The van der Waals surface area contributed by atoms with E-state index in [0.717, 1.165) is 34.1 Å². The molecule has 0 spiro atoms. The number of benzene rings is 1. The third-order valence-corrected chi connectivity index (χ3v) is 6.21. The van der Waals surface area contributed by atoms with Gasteiger partial charge >= 0.3 is 0 Å². The van der Waals surface area contributed by atoms with Gasteiger partial charge in [0.05, 0.1) is 5.02 Å². The first-order valence-corrected chi connectivity index (χ1v) is 10.4. The van der Waals surface area contributed by atoms with E-state index in [9.17, 15) is 4.79 Å². The lowest BCUT2D eigenvalue weighted by Crippen LogP contribution is -2.48. The number of aromatic nitrogens is 2. The summed E-state index contributed by atoms with van der Waals surface area (Å²) in [5.74, 6) is 1.13. The van der Waals surface area contributed by atoms with E-state index in [1.807, 2.05) is 23.1 Å². The maximum absolute atomic E-state index is 12.6. The summed E-state index contributed by atoms with van der Waals surface area (Å²) >= 11 is 7.78. The monoisotopic (exact) mass is 428 g/mol. The van der Waals surface area contributed by atoms with Crippen LogP contribution in [0.5, 0.6) is 11.5 Å². The minimum Gasteiger partial charge on any atom is -0.454 e. The van der Waals surface area contributed by atoms with Gasteiger partial charge in [0, 0.05) is 38.5 Å². The quantitative estimate of drug-likeness (QED) is 0.595. The topological polar surface area (TPSA) is 67.8 Å². The molecule has 0 aliphatic carbocycles. The molecule has 7 nitrogen and oxygen atoms in total. The number of thiazole rings is 1. The molecule has 0 unspecified atom stereocenters. The van der Waals surface area contributed by atoms with Gasteiger partial charge in [-0.3, -0.25) is 4.79 Å². The molecule has 0 N–H and O–H groups in total. The van der Waals surface area contributed by atoms with Gasteiger partial charge < -0.3 is 19.3 Å². The molecule has 9 heteroatoms. The number of pyridine rings is 1. The number of piperazine rings is 1. The van der Waals surface area contributed by atoms with Gasteiger partial charge in [-0.15, -0.1) is 0 Å². The highest BCUT2D eigenvalue weighted by Gasteiger charge is 2.22. The molecule has 2 aromatic heterocycles. The average molecular weight is 429 g/mol. The molecule has 2 aliphatic rings. The number of carbonyl (C=O) groups is 1. The Balaban J connectivity index is 1.22. The normalized spacial score (nSPS) is 16.2. The highest BCUT2D eigenvalue weighted by molar-refractivity contribution is 7.21. The van der Waals surface area contributed by atoms with E-state index in [2.05, 4.69) is 14.9 Å². The fourth-order valence-corrected chi connectivity index (χ4v) is 4.60. The van der Waals surface area contributed by atoms with Crippen LogP contribution in [-0.4, -0.2) is 53.7 Å². The molecule has 0 radical (unpaired) electrons. The van der Waals surface area contributed by atoms with Crippen molar-refractivity contribution >= 4 is 50.4 Å². The van der Waals surface area contributed by atoms with Crippen LogP contribution in [0.25, 0.3) is 16.4 Å². The Labute approximate surface area is 176 Å². The first-order chi connectivity index (χ1) is 14.2. The summed E-state index contributed by atoms with van der Waals surface area (Å²) < 4.78 is 10.7. The summed E-state index contributed by atoms with van der Waals surface area (Å²) in [6.07, 6.45) is 5.10. The number of ether oxygens (including phenoxy) is 2. The van der Waals surface area contributed by atoms with E-state index in [4.69, 9.17) is 21.1 Å². The molecule has 3 aromatic rings. The molecule has 1 aromatic carbocycles. The molecule has 1 amide bonds. The Morgan fingerprint density at radius 3 is 2.90 bits per heavy atom. The number of halogens is 1. The maximum atomic E-state index is 12.6. The van der Waals surface area contributed by atoms with Gasteiger partial charge in [0.1, 0.15) is 10.3 Å². The van der Waals surface area contributed by atoms with E-state index < -0.39 is 0 Å². The van der Waals surface area contributed by atoms with E-state index >= 15 is 0 Å². The Morgan fingerprint density at radius 2 is 2.07 bits per heavy atom. The number of anilines is 1. The predicted molar refractivity (Wildman–Crippen MR) is 113 cm³/mol. The van der Waals surface area contributed by atoms with Gasteiger partial charge in [-0.05, 0) is 35.9 Å². The number of hydrogen-bond donors (Lipinski definition) is 0. The molecule has 0 bridgehead atoms. The molecule has 148 valence electrons. The minimum atomic E-state index is -0.0237. The largest absolute Gasteiger partial charge is 0.454 e. The second-order valence-corrected chi connectivity index (χ2v) is 8.07. The van der Waals surface area contributed by atoms with Crippen LogP contribution < -0.4 is 14.4 Å². The van der Waals surface area contributed by atoms with Crippen LogP contribution in [0.1, 0.15) is 5.56 Å². The van der Waals surface area contributed by atoms with Crippen molar-refractivity contribution in [2.45, 2.75) is 0 Å². The van der Waals surface area contributed by atoms with Crippen molar-refractivity contribution in [3.8, 4) is 11.5 Å². The number of amides is 1. The molecular formula is C20H17ClN4O3S. The van der Waals surface area contributed by atoms with E-state index in [-0.39, 0.29) is 12.7 Å². The number of fused-ring (bicyclic) bond motifs is 2. The summed E-state index contributed by atoms with van der Waals surface area (Å²) in [4.78, 5) is 26.6. The fourth-order valence-electron chi connectivity index (χ4n) is 3.37. The third kappa shape index (κ3) is 3.61. The molecule has 29 heavy (non-hydrogen) atoms. The lowest BCUT2D eigenvalue weighted by atomic mass is 10.2. The summed E-state index contributed by atoms with van der Waals surface area (Å²) in [5, 5.41) is 1.43. The zero-order chi connectivity index (χ0) is 19.8. The smallest absolute Gasteiger partial charge is 0.246 e. The Morgan fingerprint density at radius 1 is 1.21 bits per heavy atom. The van der Waals surface area contributed by atoms with Crippen molar-refractivity contribution in [2.75, 3.05) is 37.9 Å². The van der Waals surface area contributed by atoms with Crippen LogP contribution >= 0.6 is 22.9 Å². The van der Waals surface area contributed by atoms with Gasteiger partial charge in [-0.1, -0.05) is 22.9 Å². The summed E-state index contributed by atoms with van der Waals surface area (Å²) in [5.41, 5.74) is 1.71. The standard InChI is InChI=1S/C20H17ClN4O3S/c21-14-10-13(11-16-18(14)28-12-27-16)3-4-17(26)24-6-8-25(9-7-24)20-23-15-2-1-5-22-19(15)29-20/h1-5,10-11H,6-9,12H2/b4-3+. The molecule has 0 saturated carbocycles. The van der Waals surface area contributed by atoms with Crippen molar-refractivity contribution in [1.82, 2.24) is 14.9 Å². The Hall–Kier alpha value is -2.84. The van der Waals surface area contributed by atoms with Crippen LogP contribution in [0.3, 0.4) is 0 Å². The average Bonchev–Trinajstić information content (AvgIpc) is 3.39. The van der Waals surface area contributed by atoms with Crippen LogP contribution in [0.2, 0.25) is 5.02 Å². The SMILES string of the molecule is O=C(/C=C/c1cc(Cl)c2c(c1)OCO2)N1CCN(c2nc3cccnc3s2)CC1. The van der Waals surface area contributed by atoms with Crippen molar-refractivity contribution < 1.29 is 14.3 Å². The summed E-state index contributed by atoms with van der Waals surface area (Å²) in [6, 6.07) is 7.44. The first-order valence-electron chi connectivity index (χ1n) is 9.20. The number of rotatable bonds is 3. The van der Waals surface area contributed by atoms with Gasteiger partial charge in [-0.2, -0.15) is 0 Å². The molecule has 2 aliphatic heterocycles. The number of hydrogen-bond acceptors (Lipinski definition) is 7. The number of nitrogens with zero attached hydrogens (tertiary/aromatic N) is 4. The zero-order valence-corrected chi connectivity index (χ0v) is 16.9. The predicted octanol–water partition coefficient (Wildman–Crippen LogP) is 3.44. The lowest BCUT2D eigenvalue weighted by molar-refractivity contribution is -0.126. The summed E-state index contributed by atoms with van der Waals surface area (Å²) in [6.45, 7) is 2.95. The van der Waals surface area contributed by atoms with Crippen LogP contribution in [0, 0.1) is 0 Å². The van der Waals surface area contributed by atoms with E-state index in [1.54, 1.807) is 35.8 Å². The molecule has 1 fully saturated rings. The fraction of sp³-hybridized carbons (Fsp3) is 0.250. The second-order valence-electron chi connectivity index (χ2n) is 6.71. The Bertz CT molecular complexity index is 1080. The van der Waals surface area contributed by atoms with E-state index in [1.165, 1.54) is 0 Å². The van der Waals surface area contributed by atoms with Crippen molar-refractivity contribution in [1.29, 1.82) is 0 Å². The zero-order valence-electron chi connectivity index (χ0n) is 15.4.